The minimum absolute atomic E-state index is 0.252. The lowest BCUT2D eigenvalue weighted by atomic mass is 9.41. The Hall–Kier alpha value is -1.97. The summed E-state index contributed by atoms with van der Waals surface area (Å²) in [7, 11) is 2.10. The van der Waals surface area contributed by atoms with Gasteiger partial charge in [0.05, 0.1) is 18.3 Å². The highest BCUT2D eigenvalue weighted by atomic mass is 16.7. The van der Waals surface area contributed by atoms with Gasteiger partial charge >= 0.3 is 5.97 Å². The van der Waals surface area contributed by atoms with Gasteiger partial charge < -0.3 is 34.3 Å². The Labute approximate surface area is 230 Å². The number of H-pyrrole nitrogens is 1. The third-order valence-electron chi connectivity index (χ3n) is 11.8. The van der Waals surface area contributed by atoms with E-state index in [1.165, 1.54) is 0 Å². The number of ether oxygens (including phenoxy) is 3. The molecule has 212 valence electrons. The van der Waals surface area contributed by atoms with Crippen LogP contribution < -0.4 is 0 Å². The summed E-state index contributed by atoms with van der Waals surface area (Å²) in [6, 6.07) is 0. The number of likely N-dealkylation sites (N-methyl/N-ethyl adjacent to an activating group) is 1. The van der Waals surface area contributed by atoms with E-state index in [4.69, 9.17) is 14.2 Å². The van der Waals surface area contributed by atoms with Crippen molar-refractivity contribution in [1.82, 2.24) is 9.88 Å². The summed E-state index contributed by atoms with van der Waals surface area (Å²) in [5.41, 5.74) is 1.81. The van der Waals surface area contributed by atoms with Crippen LogP contribution in [0.3, 0.4) is 0 Å². The molecule has 3 unspecified atom stereocenters. The molecule has 8 heteroatoms. The van der Waals surface area contributed by atoms with Crippen LogP contribution in [0.2, 0.25) is 0 Å². The summed E-state index contributed by atoms with van der Waals surface area (Å²) in [6.45, 7) is 10.1. The maximum absolute atomic E-state index is 13.3. The van der Waals surface area contributed by atoms with Crippen LogP contribution >= 0.6 is 0 Å². The summed E-state index contributed by atoms with van der Waals surface area (Å²) < 4.78 is 19.9. The quantitative estimate of drug-likeness (QED) is 0.399. The molecule has 39 heavy (non-hydrogen) atoms. The second-order valence-electron chi connectivity index (χ2n) is 13.5. The first-order valence-electron chi connectivity index (χ1n) is 14.6. The Kier molecular flexibility index (Phi) is 5.37. The van der Waals surface area contributed by atoms with E-state index < -0.39 is 34.6 Å². The maximum atomic E-state index is 13.3. The Balaban J connectivity index is 1.32. The van der Waals surface area contributed by atoms with Crippen molar-refractivity contribution < 1.29 is 29.2 Å². The molecule has 1 aromatic rings. The molecule has 4 bridgehead atoms. The van der Waals surface area contributed by atoms with Gasteiger partial charge in [-0.2, -0.15) is 0 Å². The second-order valence-corrected chi connectivity index (χ2v) is 13.5. The number of aliphatic hydroxyl groups is 2. The third-order valence-corrected chi connectivity index (χ3v) is 11.8. The number of aromatic nitrogens is 1. The number of carbonyl (C=O) groups excluding carboxylic acids is 1. The lowest BCUT2D eigenvalue weighted by Crippen LogP contribution is -2.79. The van der Waals surface area contributed by atoms with E-state index in [1.807, 2.05) is 20.8 Å². The number of hydrogen-bond donors (Lipinski definition) is 3. The number of allylic oxidation sites excluding steroid dienone is 1. The zero-order valence-electron chi connectivity index (χ0n) is 23.8. The molecule has 8 rings (SSSR count). The zero-order valence-corrected chi connectivity index (χ0v) is 23.8. The molecule has 3 aliphatic heterocycles. The molecular formula is C31H42N2O6. The fourth-order valence-corrected chi connectivity index (χ4v) is 9.71. The molecule has 1 aromatic heterocycles. The van der Waals surface area contributed by atoms with Crippen LogP contribution in [0.25, 0.3) is 0 Å². The largest absolute Gasteiger partial charge is 0.454 e. The van der Waals surface area contributed by atoms with Crippen LogP contribution in [0.5, 0.6) is 0 Å². The molecule has 1 spiro atoms. The summed E-state index contributed by atoms with van der Waals surface area (Å²) >= 11 is 0. The molecule has 8 atom stereocenters. The van der Waals surface area contributed by atoms with Gasteiger partial charge in [-0.15, -0.1) is 0 Å². The average molecular weight is 539 g/mol. The van der Waals surface area contributed by atoms with E-state index in [0.29, 0.717) is 44.4 Å². The fraction of sp³-hybridized carbons (Fsp3) is 0.710. The number of aliphatic hydroxyl groups excluding tert-OH is 1. The predicted molar refractivity (Wildman–Crippen MR) is 144 cm³/mol. The number of esters is 1. The topological polar surface area (TPSA) is 104 Å². The van der Waals surface area contributed by atoms with Crippen LogP contribution in [-0.4, -0.2) is 82.0 Å². The van der Waals surface area contributed by atoms with E-state index in [9.17, 15) is 15.0 Å². The van der Waals surface area contributed by atoms with Crippen LogP contribution in [0.4, 0.5) is 0 Å². The van der Waals surface area contributed by atoms with Gasteiger partial charge in [0.25, 0.3) is 0 Å². The zero-order chi connectivity index (χ0) is 27.6. The van der Waals surface area contributed by atoms with Gasteiger partial charge in [0, 0.05) is 48.7 Å². The molecule has 0 amide bonds. The van der Waals surface area contributed by atoms with Crippen LogP contribution in [0.15, 0.2) is 29.5 Å². The first-order valence-corrected chi connectivity index (χ1v) is 14.6. The normalized spacial score (nSPS) is 45.4. The molecule has 8 nitrogen and oxygen atoms in total. The first kappa shape index (κ1) is 26.0. The Bertz CT molecular complexity index is 1300. The highest BCUT2D eigenvalue weighted by molar-refractivity contribution is 5.91. The van der Waals surface area contributed by atoms with Gasteiger partial charge in [0.1, 0.15) is 17.3 Å². The van der Waals surface area contributed by atoms with Crippen molar-refractivity contribution in [2.75, 3.05) is 26.7 Å². The summed E-state index contributed by atoms with van der Waals surface area (Å²) in [5, 5.41) is 23.8. The molecule has 2 saturated carbocycles. The van der Waals surface area contributed by atoms with E-state index >= 15 is 0 Å². The van der Waals surface area contributed by atoms with Crippen molar-refractivity contribution in [2.24, 2.45) is 16.7 Å². The van der Waals surface area contributed by atoms with E-state index in [0.717, 1.165) is 41.8 Å². The summed E-state index contributed by atoms with van der Waals surface area (Å²) in [4.78, 5) is 18.7. The second kappa shape index (κ2) is 8.07. The number of aryl methyl sites for hydroxylation is 1. The maximum Gasteiger partial charge on any atom is 0.340 e. The van der Waals surface area contributed by atoms with Gasteiger partial charge in [-0.1, -0.05) is 19.1 Å². The third kappa shape index (κ3) is 3.05. The first-order chi connectivity index (χ1) is 18.4. The molecule has 4 heterocycles. The number of fused-ring (bicyclic) bond motifs is 1. The highest BCUT2D eigenvalue weighted by Crippen LogP contribution is 2.74. The highest BCUT2D eigenvalue weighted by Gasteiger charge is 2.79. The molecule has 4 aliphatic carbocycles. The summed E-state index contributed by atoms with van der Waals surface area (Å²) in [5.74, 6) is -1.31. The van der Waals surface area contributed by atoms with E-state index in [1.54, 1.807) is 6.20 Å². The number of rotatable bonds is 3. The molecule has 0 aromatic carbocycles. The number of nitrogens with one attached hydrogen (secondary N) is 1. The van der Waals surface area contributed by atoms with Crippen LogP contribution in [0.1, 0.15) is 74.0 Å². The molecule has 0 radical (unpaired) electrons. The SMILES string of the molecule is Cc1[nH]cc(C(=O)OC(C)C2=CC[C@@]34OCCN(C)CC23C[C@@H](O)C23O[C@@]5(O)CC[C@@]2(C)[C@H](CC=C34)C5)c1C. The lowest BCUT2D eigenvalue weighted by molar-refractivity contribution is -0.401. The van der Waals surface area contributed by atoms with Crippen molar-refractivity contribution in [3.8, 4) is 0 Å². The molecule has 3 saturated heterocycles. The smallest absolute Gasteiger partial charge is 0.340 e. The van der Waals surface area contributed by atoms with E-state index in [-0.39, 0.29) is 17.3 Å². The Morgan fingerprint density at radius 1 is 1.26 bits per heavy atom. The molecular weight excluding hydrogens is 496 g/mol. The predicted octanol–water partition coefficient (Wildman–Crippen LogP) is 3.55. The van der Waals surface area contributed by atoms with Crippen molar-refractivity contribution >= 4 is 5.97 Å². The van der Waals surface area contributed by atoms with Crippen molar-refractivity contribution in [1.29, 1.82) is 0 Å². The number of carbonyl (C=O) groups is 1. The minimum atomic E-state index is -1.22. The van der Waals surface area contributed by atoms with Gasteiger partial charge in [0.15, 0.2) is 5.79 Å². The average Bonchev–Trinajstić information content (AvgIpc) is 3.31. The summed E-state index contributed by atoms with van der Waals surface area (Å²) in [6.07, 6.45) is 8.78. The Morgan fingerprint density at radius 3 is 2.79 bits per heavy atom. The van der Waals surface area contributed by atoms with E-state index in [2.05, 4.69) is 36.0 Å². The lowest BCUT2D eigenvalue weighted by Gasteiger charge is -2.73. The Morgan fingerprint density at radius 2 is 2.05 bits per heavy atom. The van der Waals surface area contributed by atoms with Gasteiger partial charge in [-0.3, -0.25) is 0 Å². The minimum Gasteiger partial charge on any atom is -0.454 e. The standard InChI is InChI=1S/C31H42N2O6/c1-18-19(2)32-16-22(18)26(35)38-20(3)23-8-9-30-24-7-6-21-14-29(36)11-10-27(21,4)31(24,39-29)25(34)15-28(23,30)17-33(5)12-13-37-30/h7-8,16,20-21,25,32,34,36H,6,9-15,17H2,1-5H3/t20?,21-,25-,27+,28?,29+,30+,31?/m1/s1. The molecule has 7 aliphatic rings. The van der Waals surface area contributed by atoms with Crippen molar-refractivity contribution in [3.05, 3.63) is 46.3 Å². The monoisotopic (exact) mass is 538 g/mol. The number of aromatic amines is 1. The van der Waals surface area contributed by atoms with Crippen LogP contribution in [0, 0.1) is 30.6 Å². The molecule has 3 N–H and O–H groups in total. The van der Waals surface area contributed by atoms with Crippen LogP contribution in [-0.2, 0) is 14.2 Å². The van der Waals surface area contributed by atoms with Gasteiger partial charge in [0.2, 0.25) is 0 Å². The van der Waals surface area contributed by atoms with Crippen molar-refractivity contribution in [2.45, 2.75) is 95.4 Å². The number of nitrogens with zero attached hydrogens (tertiary/aromatic N) is 1. The van der Waals surface area contributed by atoms with Gasteiger partial charge in [-0.25, -0.2) is 4.79 Å². The fourth-order valence-electron chi connectivity index (χ4n) is 9.71. The molecule has 5 fully saturated rings. The number of hydrogen-bond acceptors (Lipinski definition) is 7. The van der Waals surface area contributed by atoms with Gasteiger partial charge in [-0.05, 0) is 76.1 Å². The van der Waals surface area contributed by atoms with Crippen molar-refractivity contribution in [3.63, 3.8) is 0 Å².